The molecule has 4 heteroatoms. The highest BCUT2D eigenvalue weighted by atomic mass is 127. The molecule has 0 radical (unpaired) electrons. The number of hydrogen-bond acceptors (Lipinski definition) is 1. The van der Waals surface area contributed by atoms with Crippen LogP contribution in [0.25, 0.3) is 10.1 Å². The Morgan fingerprint density at radius 1 is 1.38 bits per heavy atom. The summed E-state index contributed by atoms with van der Waals surface area (Å²) in [6.45, 7) is 0. The summed E-state index contributed by atoms with van der Waals surface area (Å²) in [4.78, 5) is 0. The third kappa shape index (κ3) is 1.82. The molecule has 2 rings (SSSR count). The van der Waals surface area contributed by atoms with Crippen LogP contribution in [-0.4, -0.2) is 0 Å². The number of rotatable bonds is 1. The predicted octanol–water partition coefficient (Wildman–Crippen LogP) is 4.90. The van der Waals surface area contributed by atoms with Crippen molar-refractivity contribution in [2.24, 2.45) is 0 Å². The van der Waals surface area contributed by atoms with Crippen LogP contribution >= 0.6 is 57.1 Å². The van der Waals surface area contributed by atoms with Crippen LogP contribution in [0.3, 0.4) is 0 Å². The summed E-state index contributed by atoms with van der Waals surface area (Å²) in [5.41, 5.74) is 1.17. The van der Waals surface area contributed by atoms with Crippen molar-refractivity contribution < 1.29 is 0 Å². The van der Waals surface area contributed by atoms with Crippen molar-refractivity contribution >= 4 is 67.2 Å². The quantitative estimate of drug-likeness (QED) is 0.511. The zero-order valence-corrected chi connectivity index (χ0v) is 11.0. The van der Waals surface area contributed by atoms with Gasteiger partial charge in [-0.15, -0.1) is 22.9 Å². The van der Waals surface area contributed by atoms with Gasteiger partial charge in [0.2, 0.25) is 0 Å². The van der Waals surface area contributed by atoms with E-state index < -0.39 is 0 Å². The van der Waals surface area contributed by atoms with Crippen LogP contribution in [0.2, 0.25) is 4.34 Å². The molecule has 0 atom stereocenters. The molecule has 0 saturated carbocycles. The minimum atomic E-state index is 0.557. The van der Waals surface area contributed by atoms with Crippen molar-refractivity contribution in [2.75, 3.05) is 0 Å². The lowest BCUT2D eigenvalue weighted by Crippen LogP contribution is -1.83. The Balaban J connectivity index is 2.78. The molecule has 13 heavy (non-hydrogen) atoms. The van der Waals surface area contributed by atoms with Crippen LogP contribution in [0.15, 0.2) is 18.2 Å². The lowest BCUT2D eigenvalue weighted by Gasteiger charge is -2.00. The highest BCUT2D eigenvalue weighted by molar-refractivity contribution is 14.1. The first-order valence-electron chi connectivity index (χ1n) is 3.65. The molecule has 2 aromatic rings. The highest BCUT2D eigenvalue weighted by Gasteiger charge is 2.06. The molecule has 1 aromatic heterocycles. The van der Waals surface area contributed by atoms with E-state index in [0.717, 1.165) is 4.34 Å². The maximum Gasteiger partial charge on any atom is 0.0941 e. The molecule has 0 aliphatic rings. The second kappa shape index (κ2) is 3.93. The lowest BCUT2D eigenvalue weighted by atomic mass is 10.2. The molecule has 0 bridgehead atoms. The molecule has 0 aliphatic carbocycles. The van der Waals surface area contributed by atoms with E-state index in [1.54, 1.807) is 11.3 Å². The molecule has 0 aliphatic heterocycles. The normalized spacial score (nSPS) is 11.0. The molecule has 0 spiro atoms. The maximum atomic E-state index is 5.93. The number of hydrogen-bond donors (Lipinski definition) is 0. The number of benzene rings is 1. The standard InChI is InChI=1S/C9H5Cl2IS/c10-4-5-1-2-7-6(9(5)12)3-8(11)13-7/h1-3H,4H2. The summed E-state index contributed by atoms with van der Waals surface area (Å²) in [7, 11) is 0. The fraction of sp³-hybridized carbons (Fsp3) is 0.111. The van der Waals surface area contributed by atoms with Crippen LogP contribution in [-0.2, 0) is 5.88 Å². The molecule has 1 aromatic carbocycles. The van der Waals surface area contributed by atoms with Gasteiger partial charge in [-0.3, -0.25) is 0 Å². The van der Waals surface area contributed by atoms with Crippen LogP contribution in [0.1, 0.15) is 5.56 Å². The third-order valence-corrected chi connectivity index (χ3v) is 4.62. The average Bonchev–Trinajstić information content (AvgIpc) is 2.47. The Morgan fingerprint density at radius 2 is 2.15 bits per heavy atom. The Morgan fingerprint density at radius 3 is 2.85 bits per heavy atom. The van der Waals surface area contributed by atoms with Gasteiger partial charge in [-0.05, 0) is 40.3 Å². The van der Waals surface area contributed by atoms with Crippen molar-refractivity contribution in [1.82, 2.24) is 0 Å². The van der Waals surface area contributed by atoms with Gasteiger partial charge in [0, 0.05) is 19.5 Å². The van der Waals surface area contributed by atoms with E-state index in [0.29, 0.717) is 5.88 Å². The van der Waals surface area contributed by atoms with Crippen molar-refractivity contribution in [2.45, 2.75) is 5.88 Å². The smallest absolute Gasteiger partial charge is 0.0941 e. The van der Waals surface area contributed by atoms with Crippen molar-refractivity contribution in [1.29, 1.82) is 0 Å². The van der Waals surface area contributed by atoms with Gasteiger partial charge in [0.15, 0.2) is 0 Å². The van der Waals surface area contributed by atoms with E-state index in [4.69, 9.17) is 23.2 Å². The Bertz CT molecular complexity index is 450. The van der Waals surface area contributed by atoms with Gasteiger partial charge in [0.25, 0.3) is 0 Å². The summed E-state index contributed by atoms with van der Waals surface area (Å²) < 4.78 is 3.27. The summed E-state index contributed by atoms with van der Waals surface area (Å²) in [5, 5.41) is 1.22. The number of alkyl halides is 1. The SMILES string of the molecule is ClCc1ccc2sc(Cl)cc2c1I. The first-order chi connectivity index (χ1) is 6.22. The lowest BCUT2D eigenvalue weighted by molar-refractivity contribution is 1.40. The highest BCUT2D eigenvalue weighted by Crippen LogP contribution is 2.34. The fourth-order valence-corrected chi connectivity index (χ4v) is 3.80. The summed E-state index contributed by atoms with van der Waals surface area (Å²) in [5.74, 6) is 0.557. The monoisotopic (exact) mass is 342 g/mol. The molecular weight excluding hydrogens is 338 g/mol. The van der Waals surface area contributed by atoms with E-state index >= 15 is 0 Å². The van der Waals surface area contributed by atoms with Crippen LogP contribution in [0.4, 0.5) is 0 Å². The van der Waals surface area contributed by atoms with Gasteiger partial charge in [0.05, 0.1) is 4.34 Å². The molecule has 0 amide bonds. The van der Waals surface area contributed by atoms with E-state index in [-0.39, 0.29) is 0 Å². The Kier molecular flexibility index (Phi) is 3.03. The van der Waals surface area contributed by atoms with Crippen LogP contribution in [0.5, 0.6) is 0 Å². The molecular formula is C9H5Cl2IS. The molecule has 0 N–H and O–H groups in total. The fourth-order valence-electron chi connectivity index (χ4n) is 1.20. The van der Waals surface area contributed by atoms with E-state index in [2.05, 4.69) is 34.7 Å². The first kappa shape index (κ1) is 10.0. The van der Waals surface area contributed by atoms with Crippen LogP contribution < -0.4 is 0 Å². The third-order valence-electron chi connectivity index (χ3n) is 1.83. The van der Waals surface area contributed by atoms with Crippen molar-refractivity contribution in [3.63, 3.8) is 0 Å². The van der Waals surface area contributed by atoms with Gasteiger partial charge in [0.1, 0.15) is 0 Å². The number of fused-ring (bicyclic) bond motifs is 1. The van der Waals surface area contributed by atoms with Gasteiger partial charge in [-0.25, -0.2) is 0 Å². The van der Waals surface area contributed by atoms with E-state index in [1.165, 1.54) is 19.2 Å². The molecule has 0 unspecified atom stereocenters. The van der Waals surface area contributed by atoms with E-state index in [1.807, 2.05) is 6.07 Å². The molecule has 0 nitrogen and oxygen atoms in total. The number of halogens is 3. The maximum absolute atomic E-state index is 5.93. The van der Waals surface area contributed by atoms with Crippen molar-refractivity contribution in [3.05, 3.63) is 31.7 Å². The predicted molar refractivity (Wildman–Crippen MR) is 69.1 cm³/mol. The van der Waals surface area contributed by atoms with Gasteiger partial charge in [-0.2, -0.15) is 0 Å². The zero-order chi connectivity index (χ0) is 9.42. The summed E-state index contributed by atoms with van der Waals surface area (Å²) in [6.07, 6.45) is 0. The molecule has 0 saturated heterocycles. The first-order valence-corrected chi connectivity index (χ1v) is 6.45. The molecule has 68 valence electrons. The Hall–Kier alpha value is 0.490. The Labute approximate surface area is 104 Å². The average molecular weight is 343 g/mol. The second-order valence-corrected chi connectivity index (χ2v) is 5.70. The van der Waals surface area contributed by atoms with Gasteiger partial charge >= 0.3 is 0 Å². The number of thiophene rings is 1. The largest absolute Gasteiger partial charge is 0.123 e. The molecule has 1 heterocycles. The minimum Gasteiger partial charge on any atom is -0.123 e. The van der Waals surface area contributed by atoms with Gasteiger partial charge < -0.3 is 0 Å². The van der Waals surface area contributed by atoms with E-state index in [9.17, 15) is 0 Å². The summed E-state index contributed by atoms with van der Waals surface area (Å²) >= 11 is 15.7. The topological polar surface area (TPSA) is 0 Å². The zero-order valence-electron chi connectivity index (χ0n) is 6.48. The van der Waals surface area contributed by atoms with Crippen molar-refractivity contribution in [3.8, 4) is 0 Å². The minimum absolute atomic E-state index is 0.557. The summed E-state index contributed by atoms with van der Waals surface area (Å²) in [6, 6.07) is 6.13. The second-order valence-electron chi connectivity index (χ2n) is 2.63. The van der Waals surface area contributed by atoms with Crippen LogP contribution in [0, 0.1) is 3.57 Å². The molecule has 0 fully saturated rings. The van der Waals surface area contributed by atoms with Gasteiger partial charge in [-0.1, -0.05) is 17.7 Å².